The number of phenols is 1. The van der Waals surface area contributed by atoms with E-state index in [1.165, 1.54) is 5.69 Å². The lowest BCUT2D eigenvalue weighted by Gasteiger charge is -2.43. The molecular weight excluding hydrogens is 462 g/mol. The summed E-state index contributed by atoms with van der Waals surface area (Å²) in [5.74, 6) is 7.80. The van der Waals surface area contributed by atoms with Crippen LogP contribution in [0.2, 0.25) is 0 Å². The lowest BCUT2D eigenvalue weighted by Crippen LogP contribution is -2.54. The molecule has 37 heavy (non-hydrogen) atoms. The van der Waals surface area contributed by atoms with Crippen LogP contribution in [0.15, 0.2) is 48.7 Å². The van der Waals surface area contributed by atoms with E-state index < -0.39 is 0 Å². The Labute approximate surface area is 217 Å². The van der Waals surface area contributed by atoms with Gasteiger partial charge in [0.2, 0.25) is 0 Å². The SMILES string of the molecule is Nc1nnc(-c2ccccc2O)cc1N1CC2CCC(C1)N2c1ccnc(C#CC2CCC(N)CC2)c1. The van der Waals surface area contributed by atoms with E-state index >= 15 is 0 Å². The largest absolute Gasteiger partial charge is 0.507 e. The predicted molar refractivity (Wildman–Crippen MR) is 146 cm³/mol. The molecule has 0 amide bonds. The van der Waals surface area contributed by atoms with Crippen molar-refractivity contribution >= 4 is 17.2 Å². The maximum atomic E-state index is 10.3. The third-order valence-electron chi connectivity index (χ3n) is 8.02. The van der Waals surface area contributed by atoms with Gasteiger partial charge in [-0.2, -0.15) is 0 Å². The van der Waals surface area contributed by atoms with Crippen molar-refractivity contribution in [2.24, 2.45) is 11.7 Å². The smallest absolute Gasteiger partial charge is 0.169 e. The number of phenolic OH excluding ortho intramolecular Hbond substituents is 1. The van der Waals surface area contributed by atoms with Gasteiger partial charge in [-0.15, -0.1) is 10.2 Å². The Hall–Kier alpha value is -3.83. The Morgan fingerprint density at radius 2 is 1.68 bits per heavy atom. The monoisotopic (exact) mass is 495 g/mol. The topological polar surface area (TPSA) is 117 Å². The first-order valence-corrected chi connectivity index (χ1v) is 13.2. The average molecular weight is 496 g/mol. The number of fused-ring (bicyclic) bond motifs is 2. The normalized spacial score (nSPS) is 25.0. The number of rotatable bonds is 3. The molecule has 2 saturated heterocycles. The highest BCUT2D eigenvalue weighted by molar-refractivity contribution is 5.74. The van der Waals surface area contributed by atoms with E-state index in [0.717, 1.165) is 63.0 Å². The van der Waals surface area contributed by atoms with Crippen LogP contribution < -0.4 is 21.3 Å². The quantitative estimate of drug-likeness (QED) is 0.472. The number of nitrogen functional groups attached to an aromatic ring is 1. The summed E-state index contributed by atoms with van der Waals surface area (Å²) in [7, 11) is 0. The molecule has 1 saturated carbocycles. The maximum absolute atomic E-state index is 10.3. The molecule has 8 heteroatoms. The Bertz CT molecular complexity index is 1330. The highest BCUT2D eigenvalue weighted by atomic mass is 16.3. The number of hydrogen-bond acceptors (Lipinski definition) is 8. The molecule has 190 valence electrons. The zero-order chi connectivity index (χ0) is 25.4. The number of benzene rings is 1. The third kappa shape index (κ3) is 4.79. The summed E-state index contributed by atoms with van der Waals surface area (Å²) in [6.45, 7) is 1.69. The average Bonchev–Trinajstić information content (AvgIpc) is 3.18. The Morgan fingerprint density at radius 3 is 2.43 bits per heavy atom. The second kappa shape index (κ2) is 9.91. The van der Waals surface area contributed by atoms with Gasteiger partial charge in [-0.1, -0.05) is 18.1 Å². The lowest BCUT2D eigenvalue weighted by atomic mass is 9.87. The van der Waals surface area contributed by atoms with Crippen molar-refractivity contribution in [2.75, 3.05) is 28.6 Å². The summed E-state index contributed by atoms with van der Waals surface area (Å²) in [6, 6.07) is 14.4. The first-order chi connectivity index (χ1) is 18.0. The second-order valence-corrected chi connectivity index (χ2v) is 10.5. The Balaban J connectivity index is 1.20. The minimum atomic E-state index is 0.182. The molecule has 2 aliphatic heterocycles. The number of nitrogens with zero attached hydrogens (tertiary/aromatic N) is 5. The Morgan fingerprint density at radius 1 is 0.919 bits per heavy atom. The van der Waals surface area contributed by atoms with Crippen molar-refractivity contribution in [3.05, 3.63) is 54.4 Å². The summed E-state index contributed by atoms with van der Waals surface area (Å²) in [6.07, 6.45) is 8.41. The van der Waals surface area contributed by atoms with E-state index in [-0.39, 0.29) is 5.75 Å². The molecule has 3 fully saturated rings. The highest BCUT2D eigenvalue weighted by Crippen LogP contribution is 2.39. The summed E-state index contributed by atoms with van der Waals surface area (Å²) >= 11 is 0. The van der Waals surface area contributed by atoms with Gasteiger partial charge in [0.15, 0.2) is 5.82 Å². The molecule has 4 heterocycles. The van der Waals surface area contributed by atoms with Crippen molar-refractivity contribution in [1.29, 1.82) is 0 Å². The number of nitrogens with two attached hydrogens (primary N) is 2. The fourth-order valence-corrected chi connectivity index (χ4v) is 6.08. The van der Waals surface area contributed by atoms with Crippen LogP contribution in [0.4, 0.5) is 17.2 Å². The molecule has 2 unspecified atom stereocenters. The van der Waals surface area contributed by atoms with E-state index in [1.807, 2.05) is 24.4 Å². The predicted octanol–water partition coefficient (Wildman–Crippen LogP) is 3.55. The fraction of sp³-hybridized carbons (Fsp3) is 0.414. The van der Waals surface area contributed by atoms with Gasteiger partial charge in [0.25, 0.3) is 0 Å². The maximum Gasteiger partial charge on any atom is 0.169 e. The van der Waals surface area contributed by atoms with Crippen molar-refractivity contribution in [2.45, 2.75) is 56.7 Å². The molecule has 3 aliphatic rings. The zero-order valence-corrected chi connectivity index (χ0v) is 20.9. The van der Waals surface area contributed by atoms with Crippen molar-refractivity contribution < 1.29 is 5.11 Å². The van der Waals surface area contributed by atoms with Gasteiger partial charge < -0.3 is 26.4 Å². The van der Waals surface area contributed by atoms with Gasteiger partial charge in [-0.05, 0) is 74.8 Å². The third-order valence-corrected chi connectivity index (χ3v) is 8.02. The van der Waals surface area contributed by atoms with E-state index in [1.54, 1.807) is 12.1 Å². The minimum Gasteiger partial charge on any atom is -0.507 e. The molecule has 2 bridgehead atoms. The van der Waals surface area contributed by atoms with Crippen molar-refractivity contribution in [3.63, 3.8) is 0 Å². The molecule has 0 spiro atoms. The number of aromatic hydroxyl groups is 1. The van der Waals surface area contributed by atoms with E-state index in [4.69, 9.17) is 11.5 Å². The molecular formula is C29H33N7O. The number of hydrogen-bond donors (Lipinski definition) is 3. The summed E-state index contributed by atoms with van der Waals surface area (Å²) in [5, 5.41) is 18.8. The van der Waals surface area contributed by atoms with Gasteiger partial charge in [0, 0.05) is 54.6 Å². The number of pyridine rings is 1. The summed E-state index contributed by atoms with van der Waals surface area (Å²) < 4.78 is 0. The summed E-state index contributed by atoms with van der Waals surface area (Å²) in [4.78, 5) is 9.40. The van der Waals surface area contributed by atoms with Crippen LogP contribution in [-0.2, 0) is 0 Å². The molecule has 1 aromatic carbocycles. The number of aromatic nitrogens is 3. The molecule has 2 atom stereocenters. The fourth-order valence-electron chi connectivity index (χ4n) is 6.08. The van der Waals surface area contributed by atoms with Gasteiger partial charge in [0.1, 0.15) is 11.4 Å². The van der Waals surface area contributed by atoms with E-state index in [9.17, 15) is 5.11 Å². The van der Waals surface area contributed by atoms with Gasteiger partial charge >= 0.3 is 0 Å². The molecule has 8 nitrogen and oxygen atoms in total. The Kier molecular flexibility index (Phi) is 6.31. The number of piperazine rings is 1. The zero-order valence-electron chi connectivity index (χ0n) is 20.9. The van der Waals surface area contributed by atoms with Crippen LogP contribution in [-0.4, -0.2) is 51.5 Å². The van der Waals surface area contributed by atoms with Crippen LogP contribution in [0.25, 0.3) is 11.3 Å². The standard InChI is InChI=1S/C29H33N7O/c30-20-8-5-19(6-9-20)7-10-21-15-22(13-14-32-21)36-23-11-12-24(36)18-35(17-23)27-16-26(33-34-29(27)31)25-3-1-2-4-28(25)37/h1-4,13-16,19-20,23-24,37H,5-6,8-9,11-12,17-18,30H2,(H2,31,34). The number of anilines is 3. The first kappa shape index (κ1) is 23.6. The van der Waals surface area contributed by atoms with E-state index in [2.05, 4.69) is 49.0 Å². The first-order valence-electron chi connectivity index (χ1n) is 13.2. The van der Waals surface area contributed by atoms with Crippen LogP contribution >= 0.6 is 0 Å². The van der Waals surface area contributed by atoms with Crippen molar-refractivity contribution in [1.82, 2.24) is 15.2 Å². The molecule has 1 aliphatic carbocycles. The van der Waals surface area contributed by atoms with E-state index in [0.29, 0.717) is 41.1 Å². The molecule has 2 aromatic heterocycles. The minimum absolute atomic E-state index is 0.182. The van der Waals surface area contributed by atoms with Crippen LogP contribution in [0, 0.1) is 17.8 Å². The molecule has 3 aromatic rings. The lowest BCUT2D eigenvalue weighted by molar-refractivity contribution is 0.384. The van der Waals surface area contributed by atoms with Gasteiger partial charge in [-0.25, -0.2) is 4.98 Å². The van der Waals surface area contributed by atoms with Crippen LogP contribution in [0.3, 0.4) is 0 Å². The van der Waals surface area contributed by atoms with Gasteiger partial charge in [-0.3, -0.25) is 0 Å². The van der Waals surface area contributed by atoms with Crippen molar-refractivity contribution in [3.8, 4) is 28.8 Å². The van der Waals surface area contributed by atoms with Crippen LogP contribution in [0.5, 0.6) is 5.75 Å². The molecule has 6 rings (SSSR count). The van der Waals surface area contributed by atoms with Crippen LogP contribution in [0.1, 0.15) is 44.2 Å². The number of para-hydroxylation sites is 1. The highest BCUT2D eigenvalue weighted by Gasteiger charge is 2.40. The molecule has 0 radical (unpaired) electrons. The molecule has 5 N–H and O–H groups in total. The summed E-state index contributed by atoms with van der Waals surface area (Å²) in [5.41, 5.74) is 16.5. The van der Waals surface area contributed by atoms with Gasteiger partial charge in [0.05, 0.1) is 11.4 Å². The second-order valence-electron chi connectivity index (χ2n) is 10.5.